The molecule has 0 N–H and O–H groups in total. The summed E-state index contributed by atoms with van der Waals surface area (Å²) >= 11 is 0. The zero-order valence-corrected chi connectivity index (χ0v) is 27.2. The summed E-state index contributed by atoms with van der Waals surface area (Å²) < 4.78 is 25.7. The Kier molecular flexibility index (Phi) is 8.81. The molecule has 2 unspecified atom stereocenters. The van der Waals surface area contributed by atoms with Crippen LogP contribution in [0.4, 0.5) is 0 Å². The Morgan fingerprint density at radius 1 is 0.550 bits per heavy atom. The third-order valence-corrected chi connectivity index (χ3v) is 10.3. The van der Waals surface area contributed by atoms with Crippen LogP contribution in [0.25, 0.3) is 0 Å². The second kappa shape index (κ2) is 11.2. The molecule has 2 fully saturated rings. The third-order valence-electron chi connectivity index (χ3n) is 10.3. The van der Waals surface area contributed by atoms with E-state index >= 15 is 0 Å². The molecule has 0 saturated carbocycles. The van der Waals surface area contributed by atoms with E-state index in [1.807, 2.05) is 0 Å². The van der Waals surface area contributed by atoms with E-state index in [1.165, 1.54) is 33.2 Å². The molecule has 0 aromatic heterocycles. The Morgan fingerprint density at radius 2 is 0.850 bits per heavy atom. The highest BCUT2D eigenvalue weighted by molar-refractivity contribution is 6.63. The van der Waals surface area contributed by atoms with Gasteiger partial charge in [-0.2, -0.15) is 0 Å². The highest BCUT2D eigenvalue weighted by atomic mass is 16.7. The summed E-state index contributed by atoms with van der Waals surface area (Å²) in [6.45, 7) is 26.1. The standard InChI is InChI=1S/C34H52B2O4/c1-13-23(3)27-21-25(17-19-29(27)35-37-31(5,6)32(7,8)38-35)15-16-26-18-20-30(28(22-26)24(4)14-2)36-39-33(9,10)34(11,12)40-36/h17-24H,13-16H2,1-12H3. The lowest BCUT2D eigenvalue weighted by Crippen LogP contribution is -2.41. The molecule has 2 aliphatic heterocycles. The molecule has 2 aromatic carbocycles. The van der Waals surface area contributed by atoms with Crippen molar-refractivity contribution < 1.29 is 18.6 Å². The SMILES string of the molecule is CCC(C)c1cc(CCc2ccc(B3OC(C)(C)C(C)(C)O3)c(C(C)CC)c2)ccc1B1OC(C)(C)C(C)(C)O1. The molecule has 0 aliphatic carbocycles. The second-order valence-electron chi connectivity index (χ2n) is 14.2. The zero-order chi connectivity index (χ0) is 29.7. The van der Waals surface area contributed by atoms with E-state index in [-0.39, 0.29) is 36.6 Å². The summed E-state index contributed by atoms with van der Waals surface area (Å²) in [5.74, 6) is 0.871. The molecule has 2 aromatic rings. The second-order valence-corrected chi connectivity index (χ2v) is 14.2. The fraction of sp³-hybridized carbons (Fsp3) is 0.647. The molecule has 2 atom stereocenters. The van der Waals surface area contributed by atoms with E-state index in [2.05, 4.69) is 119 Å². The molecule has 2 aliphatic rings. The minimum Gasteiger partial charge on any atom is -0.399 e. The first-order valence-electron chi connectivity index (χ1n) is 15.5. The Morgan fingerprint density at radius 3 is 1.12 bits per heavy atom. The van der Waals surface area contributed by atoms with Crippen LogP contribution in [0.5, 0.6) is 0 Å². The lowest BCUT2D eigenvalue weighted by atomic mass is 9.71. The molecule has 6 heteroatoms. The Bertz CT molecular complexity index is 1080. The number of aryl methyl sites for hydroxylation is 2. The number of hydrogen-bond donors (Lipinski definition) is 0. The normalized spacial score (nSPS) is 22.5. The van der Waals surface area contributed by atoms with Crippen molar-refractivity contribution in [3.05, 3.63) is 58.7 Å². The summed E-state index contributed by atoms with van der Waals surface area (Å²) in [6.07, 6.45) is 4.13. The summed E-state index contributed by atoms with van der Waals surface area (Å²) in [6, 6.07) is 13.8. The van der Waals surface area contributed by atoms with E-state index in [0.717, 1.165) is 25.7 Å². The van der Waals surface area contributed by atoms with Crippen LogP contribution in [-0.4, -0.2) is 36.6 Å². The molecule has 40 heavy (non-hydrogen) atoms. The fourth-order valence-electron chi connectivity index (χ4n) is 5.51. The maximum atomic E-state index is 6.44. The first-order valence-corrected chi connectivity index (χ1v) is 15.5. The van der Waals surface area contributed by atoms with Gasteiger partial charge in [0.1, 0.15) is 0 Å². The van der Waals surface area contributed by atoms with E-state index in [9.17, 15) is 0 Å². The fourth-order valence-corrected chi connectivity index (χ4v) is 5.51. The zero-order valence-electron chi connectivity index (χ0n) is 27.2. The molecule has 0 bridgehead atoms. The quantitative estimate of drug-likeness (QED) is 0.315. The van der Waals surface area contributed by atoms with Crippen molar-refractivity contribution in [1.82, 2.24) is 0 Å². The van der Waals surface area contributed by atoms with Gasteiger partial charge in [-0.1, -0.05) is 64.1 Å². The van der Waals surface area contributed by atoms with Gasteiger partial charge >= 0.3 is 14.2 Å². The molecule has 0 spiro atoms. The highest BCUT2D eigenvalue weighted by Gasteiger charge is 2.53. The van der Waals surface area contributed by atoms with Crippen LogP contribution >= 0.6 is 0 Å². The Hall–Kier alpha value is -1.59. The van der Waals surface area contributed by atoms with E-state index in [4.69, 9.17) is 18.6 Å². The largest absolute Gasteiger partial charge is 0.495 e. The van der Waals surface area contributed by atoms with Crippen molar-refractivity contribution in [2.75, 3.05) is 0 Å². The van der Waals surface area contributed by atoms with Crippen molar-refractivity contribution in [3.8, 4) is 0 Å². The number of hydrogen-bond acceptors (Lipinski definition) is 4. The minimum atomic E-state index is -0.345. The minimum absolute atomic E-state index is 0.330. The molecular weight excluding hydrogens is 494 g/mol. The van der Waals surface area contributed by atoms with Crippen LogP contribution in [0.2, 0.25) is 0 Å². The molecule has 2 heterocycles. The van der Waals surface area contributed by atoms with Crippen molar-refractivity contribution in [2.45, 2.75) is 143 Å². The van der Waals surface area contributed by atoms with Gasteiger partial charge in [-0.05, 0) is 126 Å². The summed E-state index contributed by atoms with van der Waals surface area (Å²) in [4.78, 5) is 0. The predicted octanol–water partition coefficient (Wildman–Crippen LogP) is 7.10. The first kappa shape index (κ1) is 31.3. The van der Waals surface area contributed by atoms with Gasteiger partial charge in [0.15, 0.2) is 0 Å². The lowest BCUT2D eigenvalue weighted by molar-refractivity contribution is 0.00578. The van der Waals surface area contributed by atoms with Gasteiger partial charge in [0.05, 0.1) is 22.4 Å². The molecular formula is C34H52B2O4. The number of rotatable bonds is 9. The van der Waals surface area contributed by atoms with Gasteiger partial charge in [-0.25, -0.2) is 0 Å². The van der Waals surface area contributed by atoms with Crippen LogP contribution < -0.4 is 10.9 Å². The summed E-state index contributed by atoms with van der Waals surface area (Å²) in [5, 5.41) is 0. The smallest absolute Gasteiger partial charge is 0.399 e. The van der Waals surface area contributed by atoms with Crippen LogP contribution in [0, 0.1) is 0 Å². The molecule has 218 valence electrons. The predicted molar refractivity (Wildman–Crippen MR) is 169 cm³/mol. The molecule has 4 rings (SSSR count). The monoisotopic (exact) mass is 546 g/mol. The van der Waals surface area contributed by atoms with Gasteiger partial charge in [-0.3, -0.25) is 0 Å². The summed E-state index contributed by atoms with van der Waals surface area (Å²) in [5.41, 5.74) is 6.36. The van der Waals surface area contributed by atoms with E-state index < -0.39 is 0 Å². The number of benzene rings is 2. The molecule has 2 saturated heterocycles. The average molecular weight is 546 g/mol. The summed E-state index contributed by atoms with van der Waals surface area (Å²) in [7, 11) is -0.660. The van der Waals surface area contributed by atoms with Gasteiger partial charge in [0, 0.05) is 0 Å². The third kappa shape index (κ3) is 5.98. The van der Waals surface area contributed by atoms with Crippen LogP contribution in [0.15, 0.2) is 36.4 Å². The average Bonchev–Trinajstić information content (AvgIpc) is 3.25. The van der Waals surface area contributed by atoms with E-state index in [0.29, 0.717) is 11.8 Å². The van der Waals surface area contributed by atoms with Gasteiger partial charge in [-0.15, -0.1) is 0 Å². The maximum absolute atomic E-state index is 6.44. The van der Waals surface area contributed by atoms with Gasteiger partial charge < -0.3 is 18.6 Å². The lowest BCUT2D eigenvalue weighted by Gasteiger charge is -2.32. The van der Waals surface area contributed by atoms with Crippen molar-refractivity contribution in [1.29, 1.82) is 0 Å². The first-order chi connectivity index (χ1) is 18.5. The molecule has 0 amide bonds. The highest BCUT2D eigenvalue weighted by Crippen LogP contribution is 2.38. The topological polar surface area (TPSA) is 36.9 Å². The molecule has 0 radical (unpaired) electrons. The van der Waals surface area contributed by atoms with Crippen molar-refractivity contribution in [3.63, 3.8) is 0 Å². The Labute approximate surface area is 245 Å². The van der Waals surface area contributed by atoms with E-state index in [1.54, 1.807) is 0 Å². The van der Waals surface area contributed by atoms with Crippen LogP contribution in [0.3, 0.4) is 0 Å². The van der Waals surface area contributed by atoms with Crippen molar-refractivity contribution in [2.24, 2.45) is 0 Å². The van der Waals surface area contributed by atoms with Gasteiger partial charge in [0.25, 0.3) is 0 Å². The van der Waals surface area contributed by atoms with Crippen LogP contribution in [-0.2, 0) is 31.5 Å². The maximum Gasteiger partial charge on any atom is 0.495 e. The van der Waals surface area contributed by atoms with Crippen LogP contribution in [0.1, 0.15) is 130 Å². The Balaban J connectivity index is 1.56. The van der Waals surface area contributed by atoms with Gasteiger partial charge in [0.2, 0.25) is 0 Å². The molecule has 4 nitrogen and oxygen atoms in total. The van der Waals surface area contributed by atoms with Crippen molar-refractivity contribution >= 4 is 25.2 Å².